The van der Waals surface area contributed by atoms with Crippen molar-refractivity contribution >= 4 is 0 Å². The van der Waals surface area contributed by atoms with Gasteiger partial charge >= 0.3 is 0 Å². The third-order valence-electron chi connectivity index (χ3n) is 2.83. The van der Waals surface area contributed by atoms with Crippen LogP contribution in [0.15, 0.2) is 42.9 Å². The number of rotatable bonds is 5. The van der Waals surface area contributed by atoms with Gasteiger partial charge in [-0.25, -0.2) is 4.39 Å². The molecular weight excluding hydrogens is 229 g/mol. The third-order valence-corrected chi connectivity index (χ3v) is 2.83. The van der Waals surface area contributed by atoms with E-state index in [1.54, 1.807) is 24.7 Å². The van der Waals surface area contributed by atoms with Crippen molar-refractivity contribution < 1.29 is 4.39 Å². The van der Waals surface area contributed by atoms with Gasteiger partial charge in [0.15, 0.2) is 0 Å². The van der Waals surface area contributed by atoms with Gasteiger partial charge < -0.3 is 5.32 Å². The van der Waals surface area contributed by atoms with E-state index in [1.165, 1.54) is 6.07 Å². The van der Waals surface area contributed by atoms with Gasteiger partial charge in [-0.3, -0.25) is 9.97 Å². The Labute approximate surface area is 106 Å². The van der Waals surface area contributed by atoms with Crippen LogP contribution in [0.1, 0.15) is 24.2 Å². The Morgan fingerprint density at radius 2 is 2.11 bits per heavy atom. The first-order valence-corrected chi connectivity index (χ1v) is 6.00. The lowest BCUT2D eigenvalue weighted by atomic mass is 10.1. The molecule has 1 aromatic carbocycles. The first kappa shape index (κ1) is 12.6. The number of aromatic nitrogens is 2. The second kappa shape index (κ2) is 6.21. The summed E-state index contributed by atoms with van der Waals surface area (Å²) < 4.78 is 13.4. The van der Waals surface area contributed by atoms with Crippen LogP contribution in [0.2, 0.25) is 0 Å². The zero-order chi connectivity index (χ0) is 12.8. The van der Waals surface area contributed by atoms with E-state index in [2.05, 4.69) is 15.3 Å². The Balaban J connectivity index is 1.84. The van der Waals surface area contributed by atoms with Gasteiger partial charge in [-0.2, -0.15) is 0 Å². The quantitative estimate of drug-likeness (QED) is 0.879. The molecule has 0 aliphatic heterocycles. The number of benzene rings is 1. The summed E-state index contributed by atoms with van der Waals surface area (Å²) in [6, 6.07) is 6.97. The summed E-state index contributed by atoms with van der Waals surface area (Å²) in [6.45, 7) is 2.73. The maximum Gasteiger partial charge on any atom is 0.126 e. The topological polar surface area (TPSA) is 37.8 Å². The number of nitrogens with zero attached hydrogens (tertiary/aromatic N) is 2. The molecule has 18 heavy (non-hydrogen) atoms. The summed E-state index contributed by atoms with van der Waals surface area (Å²) in [5, 5.41) is 3.31. The highest BCUT2D eigenvalue weighted by Crippen LogP contribution is 2.09. The van der Waals surface area contributed by atoms with Crippen LogP contribution in [0.5, 0.6) is 0 Å². The molecule has 4 heteroatoms. The van der Waals surface area contributed by atoms with Gasteiger partial charge in [-0.1, -0.05) is 18.2 Å². The molecule has 0 radical (unpaired) electrons. The van der Waals surface area contributed by atoms with Crippen LogP contribution < -0.4 is 5.32 Å². The van der Waals surface area contributed by atoms with E-state index in [9.17, 15) is 4.39 Å². The van der Waals surface area contributed by atoms with E-state index in [-0.39, 0.29) is 11.9 Å². The molecule has 0 aliphatic carbocycles. The fourth-order valence-electron chi connectivity index (χ4n) is 1.76. The predicted octanol–water partition coefficient (Wildman–Crippen LogP) is 2.51. The molecule has 1 atom stereocenters. The van der Waals surface area contributed by atoms with Gasteiger partial charge in [-0.05, 0) is 31.5 Å². The lowest BCUT2D eigenvalue weighted by Crippen LogP contribution is -2.22. The zero-order valence-corrected chi connectivity index (χ0v) is 10.3. The number of nitrogens with one attached hydrogen (secondary N) is 1. The average Bonchev–Trinajstić information content (AvgIpc) is 2.42. The molecule has 0 amide bonds. The van der Waals surface area contributed by atoms with Gasteiger partial charge in [0.25, 0.3) is 0 Å². The smallest absolute Gasteiger partial charge is 0.126 e. The fourth-order valence-corrected chi connectivity index (χ4v) is 1.76. The summed E-state index contributed by atoms with van der Waals surface area (Å²) in [6.07, 6.45) is 5.72. The number of halogens is 1. The molecule has 0 bridgehead atoms. The van der Waals surface area contributed by atoms with Gasteiger partial charge in [0.1, 0.15) is 5.82 Å². The minimum Gasteiger partial charge on any atom is -0.308 e. The first-order valence-electron chi connectivity index (χ1n) is 6.00. The van der Waals surface area contributed by atoms with Crippen molar-refractivity contribution in [3.63, 3.8) is 0 Å². The molecule has 0 fully saturated rings. The van der Waals surface area contributed by atoms with Gasteiger partial charge in [0.2, 0.25) is 0 Å². The van der Waals surface area contributed by atoms with E-state index in [0.717, 1.165) is 11.3 Å². The molecule has 2 rings (SSSR count). The molecule has 3 nitrogen and oxygen atoms in total. The average molecular weight is 245 g/mol. The van der Waals surface area contributed by atoms with Crippen LogP contribution in [-0.2, 0) is 6.42 Å². The highest BCUT2D eigenvalue weighted by Gasteiger charge is 2.06. The van der Waals surface area contributed by atoms with Crippen molar-refractivity contribution in [3.05, 3.63) is 59.9 Å². The highest BCUT2D eigenvalue weighted by atomic mass is 19.1. The fraction of sp³-hybridized carbons (Fsp3) is 0.286. The monoisotopic (exact) mass is 245 g/mol. The molecule has 0 saturated carbocycles. The van der Waals surface area contributed by atoms with Crippen molar-refractivity contribution in [1.82, 2.24) is 15.3 Å². The van der Waals surface area contributed by atoms with Gasteiger partial charge in [0, 0.05) is 24.6 Å². The Bertz CT molecular complexity index is 487. The summed E-state index contributed by atoms with van der Waals surface area (Å²) in [7, 11) is 0. The van der Waals surface area contributed by atoms with Crippen molar-refractivity contribution in [1.29, 1.82) is 0 Å². The van der Waals surface area contributed by atoms with Gasteiger partial charge in [-0.15, -0.1) is 0 Å². The standard InChI is InChI=1S/C14H16FN3/c1-11(14-10-16-8-9-18-14)17-7-6-12-4-2-3-5-13(12)15/h2-5,8-11,17H,6-7H2,1H3. The minimum absolute atomic E-state index is 0.116. The summed E-state index contributed by atoms with van der Waals surface area (Å²) in [5.41, 5.74) is 1.63. The van der Waals surface area contributed by atoms with Gasteiger partial charge in [0.05, 0.1) is 5.69 Å². The van der Waals surface area contributed by atoms with Crippen molar-refractivity contribution in [2.75, 3.05) is 6.54 Å². The van der Waals surface area contributed by atoms with E-state index >= 15 is 0 Å². The molecule has 0 aliphatic rings. The maximum atomic E-state index is 13.4. The first-order chi connectivity index (χ1) is 8.77. The van der Waals surface area contributed by atoms with E-state index in [0.29, 0.717) is 13.0 Å². The lowest BCUT2D eigenvalue weighted by molar-refractivity contribution is 0.549. The molecule has 1 unspecified atom stereocenters. The minimum atomic E-state index is -0.147. The second-order valence-electron chi connectivity index (χ2n) is 4.15. The lowest BCUT2D eigenvalue weighted by Gasteiger charge is -2.12. The van der Waals surface area contributed by atoms with E-state index in [4.69, 9.17) is 0 Å². The highest BCUT2D eigenvalue weighted by molar-refractivity contribution is 5.17. The molecular formula is C14H16FN3. The van der Waals surface area contributed by atoms with Crippen LogP contribution in [-0.4, -0.2) is 16.5 Å². The largest absolute Gasteiger partial charge is 0.308 e. The molecule has 1 aromatic heterocycles. The molecule has 0 spiro atoms. The molecule has 2 aromatic rings. The maximum absolute atomic E-state index is 13.4. The molecule has 1 N–H and O–H groups in total. The third kappa shape index (κ3) is 3.34. The molecule has 94 valence electrons. The summed E-state index contributed by atoms with van der Waals surface area (Å²) >= 11 is 0. The second-order valence-corrected chi connectivity index (χ2v) is 4.15. The van der Waals surface area contributed by atoms with Crippen LogP contribution >= 0.6 is 0 Å². The van der Waals surface area contributed by atoms with Crippen LogP contribution in [0, 0.1) is 5.82 Å². The van der Waals surface area contributed by atoms with Crippen LogP contribution in [0.3, 0.4) is 0 Å². The van der Waals surface area contributed by atoms with E-state index in [1.807, 2.05) is 19.1 Å². The zero-order valence-electron chi connectivity index (χ0n) is 10.3. The SMILES string of the molecule is CC(NCCc1ccccc1F)c1cnccn1. The predicted molar refractivity (Wildman–Crippen MR) is 68.6 cm³/mol. The Kier molecular flexibility index (Phi) is 4.36. The van der Waals surface area contributed by atoms with Crippen LogP contribution in [0.4, 0.5) is 4.39 Å². The normalized spacial score (nSPS) is 12.3. The number of hydrogen-bond donors (Lipinski definition) is 1. The van der Waals surface area contributed by atoms with Crippen molar-refractivity contribution in [3.8, 4) is 0 Å². The van der Waals surface area contributed by atoms with Crippen molar-refractivity contribution in [2.45, 2.75) is 19.4 Å². The molecule has 0 saturated heterocycles. The van der Waals surface area contributed by atoms with E-state index < -0.39 is 0 Å². The Hall–Kier alpha value is -1.81. The number of hydrogen-bond acceptors (Lipinski definition) is 3. The summed E-state index contributed by atoms with van der Waals surface area (Å²) in [4.78, 5) is 8.25. The molecule has 1 heterocycles. The van der Waals surface area contributed by atoms with Crippen LogP contribution in [0.25, 0.3) is 0 Å². The summed E-state index contributed by atoms with van der Waals surface area (Å²) in [5.74, 6) is -0.147. The Morgan fingerprint density at radius 3 is 2.83 bits per heavy atom. The van der Waals surface area contributed by atoms with Crippen molar-refractivity contribution in [2.24, 2.45) is 0 Å². The Morgan fingerprint density at radius 1 is 1.28 bits per heavy atom.